The minimum Gasteiger partial charge on any atom is -0.328 e. The fraction of sp³-hybridized carbons (Fsp3) is 1.00. The van der Waals surface area contributed by atoms with E-state index in [1.54, 1.807) is 0 Å². The van der Waals surface area contributed by atoms with Crippen LogP contribution in [0.3, 0.4) is 0 Å². The Hall–Kier alpha value is -0.200. The van der Waals surface area contributed by atoms with Crippen molar-refractivity contribution in [1.29, 1.82) is 0 Å². The maximum atomic E-state index is 5.99. The summed E-state index contributed by atoms with van der Waals surface area (Å²) in [7, 11) is 0. The lowest BCUT2D eigenvalue weighted by Crippen LogP contribution is -2.61. The van der Waals surface area contributed by atoms with Crippen LogP contribution in [0.5, 0.6) is 0 Å². The lowest BCUT2D eigenvalue weighted by atomic mass is 9.62. The van der Waals surface area contributed by atoms with Gasteiger partial charge in [-0.15, -0.1) is 0 Å². The molecule has 4 rings (SSSR count). The lowest BCUT2D eigenvalue weighted by molar-refractivity contribution is -0.677. The molecule has 3 saturated carbocycles. The summed E-state index contributed by atoms with van der Waals surface area (Å²) in [5.41, 5.74) is 5.97. The normalized spacial score (nSPS) is 55.5. The van der Waals surface area contributed by atoms with Gasteiger partial charge in [0.1, 0.15) is 0 Å². The van der Waals surface area contributed by atoms with Crippen molar-refractivity contribution < 1.29 is 19.6 Å². The molecule has 0 aromatic heterocycles. The molecule has 5 heteroatoms. The third-order valence-electron chi connectivity index (χ3n) is 6.42. The molecule has 5 nitrogen and oxygen atoms in total. The van der Waals surface area contributed by atoms with Crippen molar-refractivity contribution >= 4 is 0 Å². The lowest BCUT2D eigenvalue weighted by Gasteiger charge is -2.55. The highest BCUT2D eigenvalue weighted by molar-refractivity contribution is 4.96. The smallest absolute Gasteiger partial charge is 0.239 e. The molecule has 1 aliphatic heterocycles. The third-order valence-corrected chi connectivity index (χ3v) is 6.42. The average molecular weight is 311 g/mol. The molecular weight excluding hydrogens is 282 g/mol. The Bertz CT molecular complexity index is 407. The maximum absolute atomic E-state index is 5.99. The third kappa shape index (κ3) is 2.42. The molecule has 2 spiro atoms. The summed E-state index contributed by atoms with van der Waals surface area (Å²) in [5.74, 6) is 0.739. The zero-order valence-corrected chi connectivity index (χ0v) is 13.8. The van der Waals surface area contributed by atoms with Gasteiger partial charge in [-0.05, 0) is 50.4 Å². The van der Waals surface area contributed by atoms with E-state index in [9.17, 15) is 0 Å². The summed E-state index contributed by atoms with van der Waals surface area (Å²) in [6.45, 7) is 4.54. The van der Waals surface area contributed by atoms with E-state index >= 15 is 0 Å². The second-order valence-corrected chi connectivity index (χ2v) is 8.31. The van der Waals surface area contributed by atoms with Gasteiger partial charge < -0.3 is 5.73 Å². The SMILES string of the molecule is CC1CC2CC(C)C3(OOC4(CCC(N)CC4)OO3)C(C1)C2. The van der Waals surface area contributed by atoms with Crippen molar-refractivity contribution in [2.75, 3.05) is 0 Å². The molecule has 1 saturated heterocycles. The Morgan fingerprint density at radius 2 is 1.55 bits per heavy atom. The van der Waals surface area contributed by atoms with E-state index in [2.05, 4.69) is 13.8 Å². The van der Waals surface area contributed by atoms with Gasteiger partial charge in [0.05, 0.1) is 0 Å². The molecule has 4 aliphatic rings. The van der Waals surface area contributed by atoms with E-state index in [1.165, 1.54) is 12.8 Å². The van der Waals surface area contributed by atoms with Crippen LogP contribution in [-0.4, -0.2) is 17.6 Å². The molecule has 3 aliphatic carbocycles. The molecule has 0 radical (unpaired) electrons. The Labute approximate surface area is 132 Å². The Balaban J connectivity index is 1.49. The van der Waals surface area contributed by atoms with Crippen LogP contribution in [0.15, 0.2) is 0 Å². The molecule has 0 amide bonds. The zero-order chi connectivity index (χ0) is 15.4. The second kappa shape index (κ2) is 5.42. The molecule has 0 aromatic carbocycles. The van der Waals surface area contributed by atoms with E-state index in [4.69, 9.17) is 25.3 Å². The van der Waals surface area contributed by atoms with Gasteiger partial charge in [0.2, 0.25) is 11.6 Å². The highest BCUT2D eigenvalue weighted by Crippen LogP contribution is 2.55. The Kier molecular flexibility index (Phi) is 3.78. The molecule has 22 heavy (non-hydrogen) atoms. The molecule has 4 unspecified atom stereocenters. The molecule has 126 valence electrons. The van der Waals surface area contributed by atoms with E-state index in [1.807, 2.05) is 0 Å². The van der Waals surface area contributed by atoms with Crippen molar-refractivity contribution in [1.82, 2.24) is 0 Å². The largest absolute Gasteiger partial charge is 0.328 e. The van der Waals surface area contributed by atoms with Crippen LogP contribution in [0.25, 0.3) is 0 Å². The monoisotopic (exact) mass is 311 g/mol. The minimum atomic E-state index is -0.738. The Morgan fingerprint density at radius 3 is 2.23 bits per heavy atom. The first kappa shape index (κ1) is 15.3. The minimum absolute atomic E-state index is 0.238. The van der Waals surface area contributed by atoms with Crippen LogP contribution in [0.1, 0.15) is 65.2 Å². The van der Waals surface area contributed by atoms with Crippen molar-refractivity contribution in [2.24, 2.45) is 29.4 Å². The van der Waals surface area contributed by atoms with Gasteiger partial charge >= 0.3 is 0 Å². The molecule has 2 bridgehead atoms. The number of rotatable bonds is 0. The van der Waals surface area contributed by atoms with Gasteiger partial charge in [-0.2, -0.15) is 19.6 Å². The number of nitrogens with two attached hydrogens (primary N) is 1. The van der Waals surface area contributed by atoms with Crippen molar-refractivity contribution in [3.8, 4) is 0 Å². The summed E-state index contributed by atoms with van der Waals surface area (Å²) in [5, 5.41) is 0. The Morgan fingerprint density at radius 1 is 0.864 bits per heavy atom. The van der Waals surface area contributed by atoms with E-state index in [-0.39, 0.29) is 6.04 Å². The first-order valence-corrected chi connectivity index (χ1v) is 9.00. The highest BCUT2D eigenvalue weighted by Gasteiger charge is 2.60. The first-order chi connectivity index (χ1) is 10.5. The fourth-order valence-corrected chi connectivity index (χ4v) is 5.19. The van der Waals surface area contributed by atoms with E-state index < -0.39 is 11.6 Å². The standard InChI is InChI=1S/C17H29NO4/c1-11-7-13-9-12(2)17(14(8-11)10-13)21-19-16(20-22-17)5-3-15(18)4-6-16/h11-15H,3-10,18H2,1-2H3. The van der Waals surface area contributed by atoms with Crippen LogP contribution < -0.4 is 5.73 Å². The fourth-order valence-electron chi connectivity index (χ4n) is 5.19. The predicted molar refractivity (Wildman–Crippen MR) is 80.0 cm³/mol. The number of hydrogen-bond donors (Lipinski definition) is 1. The number of hydrogen-bond acceptors (Lipinski definition) is 5. The summed E-state index contributed by atoms with van der Waals surface area (Å²) < 4.78 is 0. The molecule has 4 atom stereocenters. The molecule has 1 heterocycles. The van der Waals surface area contributed by atoms with Gasteiger partial charge in [0.15, 0.2) is 0 Å². The van der Waals surface area contributed by atoms with Crippen LogP contribution >= 0.6 is 0 Å². The van der Waals surface area contributed by atoms with E-state index in [0.29, 0.717) is 11.8 Å². The molecule has 2 N–H and O–H groups in total. The quantitative estimate of drug-likeness (QED) is 0.696. The van der Waals surface area contributed by atoms with Gasteiger partial charge in [-0.25, -0.2) is 0 Å². The number of fused-ring (bicyclic) bond motifs is 3. The van der Waals surface area contributed by atoms with Crippen LogP contribution in [0, 0.1) is 23.7 Å². The van der Waals surface area contributed by atoms with Crippen molar-refractivity contribution in [3.63, 3.8) is 0 Å². The van der Waals surface area contributed by atoms with Crippen molar-refractivity contribution in [3.05, 3.63) is 0 Å². The van der Waals surface area contributed by atoms with Crippen LogP contribution in [-0.2, 0) is 19.6 Å². The predicted octanol–water partition coefficient (Wildman–Crippen LogP) is 3.28. The van der Waals surface area contributed by atoms with Gasteiger partial charge in [0, 0.05) is 30.7 Å². The second-order valence-electron chi connectivity index (χ2n) is 8.31. The highest BCUT2D eigenvalue weighted by atomic mass is 17.4. The maximum Gasteiger partial charge on any atom is 0.239 e. The van der Waals surface area contributed by atoms with E-state index in [0.717, 1.165) is 50.4 Å². The average Bonchev–Trinajstić information content (AvgIpc) is 2.50. The topological polar surface area (TPSA) is 62.9 Å². The van der Waals surface area contributed by atoms with Crippen molar-refractivity contribution in [2.45, 2.75) is 82.8 Å². The summed E-state index contributed by atoms with van der Waals surface area (Å²) >= 11 is 0. The molecule has 0 aromatic rings. The van der Waals surface area contributed by atoms with Gasteiger partial charge in [0.25, 0.3) is 0 Å². The van der Waals surface area contributed by atoms with Gasteiger partial charge in [-0.1, -0.05) is 13.8 Å². The summed E-state index contributed by atoms with van der Waals surface area (Å²) in [6.07, 6.45) is 8.01. The van der Waals surface area contributed by atoms with Crippen LogP contribution in [0.2, 0.25) is 0 Å². The first-order valence-electron chi connectivity index (χ1n) is 9.00. The summed E-state index contributed by atoms with van der Waals surface area (Å²) in [6, 6.07) is 0.238. The van der Waals surface area contributed by atoms with Gasteiger partial charge in [-0.3, -0.25) is 0 Å². The van der Waals surface area contributed by atoms with Crippen LogP contribution in [0.4, 0.5) is 0 Å². The molecular formula is C17H29NO4. The molecule has 4 fully saturated rings. The zero-order valence-electron chi connectivity index (χ0n) is 13.8. The summed E-state index contributed by atoms with van der Waals surface area (Å²) in [4.78, 5) is 23.7.